The normalized spacial score (nSPS) is 22.9. The SMILES string of the molecule is CSc1ccc(-c2ccc3n(c2=O)C[C@H]2C[C@@H]3C[NH+](Cc3ccccn3)C2)cc1. The molecule has 0 spiro atoms. The highest BCUT2D eigenvalue weighted by atomic mass is 32.2. The zero-order chi connectivity index (χ0) is 19.8. The number of hydrogen-bond acceptors (Lipinski definition) is 3. The number of nitrogens with one attached hydrogen (secondary N) is 1. The summed E-state index contributed by atoms with van der Waals surface area (Å²) in [7, 11) is 0. The second-order valence-electron chi connectivity index (χ2n) is 8.27. The summed E-state index contributed by atoms with van der Waals surface area (Å²) in [6.07, 6.45) is 5.15. The molecule has 3 atom stereocenters. The summed E-state index contributed by atoms with van der Waals surface area (Å²) in [6, 6.07) is 18.7. The third kappa shape index (κ3) is 3.65. The lowest BCUT2D eigenvalue weighted by Crippen LogP contribution is -3.13. The first kappa shape index (κ1) is 18.6. The predicted molar refractivity (Wildman–Crippen MR) is 117 cm³/mol. The van der Waals surface area contributed by atoms with Gasteiger partial charge in [0.05, 0.1) is 18.8 Å². The van der Waals surface area contributed by atoms with Crippen molar-refractivity contribution in [1.29, 1.82) is 0 Å². The maximum atomic E-state index is 13.3. The first-order chi connectivity index (χ1) is 14.2. The fourth-order valence-corrected chi connectivity index (χ4v) is 5.47. The first-order valence-electron chi connectivity index (χ1n) is 10.3. The standard InChI is InChI=1S/C24H25N3OS/c1-29-21-7-5-18(6-8-21)22-9-10-23-19-12-17(14-27(23)24(22)28)13-26(15-19)16-20-4-2-3-11-25-20/h2-11,17,19H,12-16H2,1H3/p+1/t17-,19+/m0/s1. The second kappa shape index (κ2) is 7.81. The van der Waals surface area contributed by atoms with Crippen molar-refractivity contribution in [3.8, 4) is 11.1 Å². The number of benzene rings is 1. The summed E-state index contributed by atoms with van der Waals surface area (Å²) >= 11 is 1.72. The molecule has 0 saturated carbocycles. The third-order valence-electron chi connectivity index (χ3n) is 6.36. The van der Waals surface area contributed by atoms with Crippen LogP contribution in [0.3, 0.4) is 0 Å². The topological polar surface area (TPSA) is 39.3 Å². The molecule has 0 aliphatic carbocycles. The fourth-order valence-electron chi connectivity index (χ4n) is 5.06. The number of piperidine rings is 1. The molecule has 0 radical (unpaired) electrons. The molecule has 1 fully saturated rings. The molecule has 4 nitrogen and oxygen atoms in total. The molecule has 1 N–H and O–H groups in total. The molecule has 1 saturated heterocycles. The highest BCUT2D eigenvalue weighted by Gasteiger charge is 2.37. The van der Waals surface area contributed by atoms with E-state index in [0.29, 0.717) is 11.8 Å². The summed E-state index contributed by atoms with van der Waals surface area (Å²) in [6.45, 7) is 4.00. The van der Waals surface area contributed by atoms with Crippen LogP contribution >= 0.6 is 11.8 Å². The average Bonchev–Trinajstić information content (AvgIpc) is 2.75. The number of thioether (sulfide) groups is 1. The van der Waals surface area contributed by atoms with Gasteiger partial charge in [0.2, 0.25) is 0 Å². The average molecular weight is 405 g/mol. The minimum absolute atomic E-state index is 0.169. The Balaban J connectivity index is 1.42. The van der Waals surface area contributed by atoms with Crippen molar-refractivity contribution >= 4 is 11.8 Å². The predicted octanol–water partition coefficient (Wildman–Crippen LogP) is 2.83. The molecule has 1 aromatic carbocycles. The van der Waals surface area contributed by atoms with Gasteiger partial charge < -0.3 is 9.47 Å². The van der Waals surface area contributed by atoms with Crippen molar-refractivity contribution < 1.29 is 4.90 Å². The number of aromatic nitrogens is 2. The highest BCUT2D eigenvalue weighted by molar-refractivity contribution is 7.98. The Hall–Kier alpha value is -2.37. The van der Waals surface area contributed by atoms with Crippen LogP contribution in [0.1, 0.15) is 23.7 Å². The first-order valence-corrected chi connectivity index (χ1v) is 11.6. The van der Waals surface area contributed by atoms with Crippen LogP contribution in [0.4, 0.5) is 0 Å². The number of hydrogen-bond donors (Lipinski definition) is 1. The maximum absolute atomic E-state index is 13.3. The van der Waals surface area contributed by atoms with Gasteiger partial charge >= 0.3 is 0 Å². The van der Waals surface area contributed by atoms with Crippen molar-refractivity contribution in [2.45, 2.75) is 30.3 Å². The Morgan fingerprint density at radius 1 is 1.10 bits per heavy atom. The van der Waals surface area contributed by atoms with E-state index < -0.39 is 0 Å². The summed E-state index contributed by atoms with van der Waals surface area (Å²) in [5.74, 6) is 1.02. The van der Waals surface area contributed by atoms with Crippen LogP contribution in [-0.2, 0) is 13.1 Å². The smallest absolute Gasteiger partial charge is 0.258 e. The largest absolute Gasteiger partial charge is 0.329 e. The second-order valence-corrected chi connectivity index (χ2v) is 9.15. The number of pyridine rings is 2. The highest BCUT2D eigenvalue weighted by Crippen LogP contribution is 2.32. The lowest BCUT2D eigenvalue weighted by atomic mass is 9.82. The van der Waals surface area contributed by atoms with Crippen molar-refractivity contribution in [3.05, 3.63) is 82.5 Å². The van der Waals surface area contributed by atoms with Crippen LogP contribution in [0.2, 0.25) is 0 Å². The molecule has 2 aliphatic heterocycles. The zero-order valence-corrected chi connectivity index (χ0v) is 17.5. The Morgan fingerprint density at radius 3 is 2.72 bits per heavy atom. The quantitative estimate of drug-likeness (QED) is 0.680. The van der Waals surface area contributed by atoms with Crippen LogP contribution in [0.5, 0.6) is 0 Å². The van der Waals surface area contributed by atoms with Gasteiger partial charge in [-0.25, -0.2) is 0 Å². The molecule has 5 heteroatoms. The van der Waals surface area contributed by atoms with Crippen LogP contribution < -0.4 is 10.5 Å². The number of rotatable bonds is 4. The Bertz CT molecular complexity index is 1060. The molecule has 2 aliphatic rings. The van der Waals surface area contributed by atoms with Gasteiger partial charge in [0.25, 0.3) is 5.56 Å². The number of quaternary nitrogens is 1. The number of fused-ring (bicyclic) bond motifs is 4. The monoisotopic (exact) mass is 404 g/mol. The summed E-state index contributed by atoms with van der Waals surface area (Å²) in [5.41, 5.74) is 4.38. The van der Waals surface area contributed by atoms with Crippen LogP contribution in [0.25, 0.3) is 11.1 Å². The Labute approximate surface area is 175 Å². The summed E-state index contributed by atoms with van der Waals surface area (Å²) < 4.78 is 2.06. The maximum Gasteiger partial charge on any atom is 0.258 e. The molecule has 148 valence electrons. The van der Waals surface area contributed by atoms with Gasteiger partial charge in [0.1, 0.15) is 6.54 Å². The number of likely N-dealkylation sites (tertiary alicyclic amines) is 1. The lowest BCUT2D eigenvalue weighted by Gasteiger charge is -2.40. The minimum atomic E-state index is 0.169. The van der Waals surface area contributed by atoms with E-state index >= 15 is 0 Å². The van der Waals surface area contributed by atoms with Gasteiger partial charge in [-0.3, -0.25) is 9.78 Å². The van der Waals surface area contributed by atoms with E-state index in [1.165, 1.54) is 17.0 Å². The fraction of sp³-hybridized carbons (Fsp3) is 0.333. The van der Waals surface area contributed by atoms with Crippen molar-refractivity contribution in [2.24, 2.45) is 5.92 Å². The van der Waals surface area contributed by atoms with E-state index in [1.807, 2.05) is 18.3 Å². The summed E-state index contributed by atoms with van der Waals surface area (Å²) in [5, 5.41) is 0. The Morgan fingerprint density at radius 2 is 1.97 bits per heavy atom. The molecule has 1 unspecified atom stereocenters. The van der Waals surface area contributed by atoms with Gasteiger partial charge in [0.15, 0.2) is 0 Å². The van der Waals surface area contributed by atoms with Gasteiger partial charge in [-0.15, -0.1) is 11.8 Å². The minimum Gasteiger partial charge on any atom is -0.329 e. The molecule has 0 amide bonds. The van der Waals surface area contributed by atoms with E-state index in [2.05, 4.69) is 58.3 Å². The van der Waals surface area contributed by atoms with Crippen molar-refractivity contribution in [2.75, 3.05) is 19.3 Å². The van der Waals surface area contributed by atoms with E-state index in [4.69, 9.17) is 0 Å². The van der Waals surface area contributed by atoms with E-state index in [-0.39, 0.29) is 5.56 Å². The van der Waals surface area contributed by atoms with Crippen LogP contribution in [0.15, 0.2) is 70.5 Å². The molecule has 5 rings (SSSR count). The molecule has 2 aromatic heterocycles. The summed E-state index contributed by atoms with van der Waals surface area (Å²) in [4.78, 5) is 20.6. The molecular formula is C24H26N3OS+. The molecule has 3 aromatic rings. The van der Waals surface area contributed by atoms with Gasteiger partial charge in [0, 0.05) is 40.7 Å². The zero-order valence-electron chi connectivity index (χ0n) is 16.7. The number of nitrogens with zero attached hydrogens (tertiary/aromatic N) is 2. The van der Waals surface area contributed by atoms with Gasteiger partial charge in [-0.05, 0) is 54.6 Å². The van der Waals surface area contributed by atoms with Crippen LogP contribution in [-0.4, -0.2) is 28.9 Å². The van der Waals surface area contributed by atoms with Gasteiger partial charge in [-0.2, -0.15) is 0 Å². The van der Waals surface area contributed by atoms with Gasteiger partial charge in [-0.1, -0.05) is 18.2 Å². The third-order valence-corrected chi connectivity index (χ3v) is 7.10. The molecule has 29 heavy (non-hydrogen) atoms. The van der Waals surface area contributed by atoms with Crippen molar-refractivity contribution in [3.63, 3.8) is 0 Å². The van der Waals surface area contributed by atoms with Crippen LogP contribution in [0, 0.1) is 5.92 Å². The molecular weight excluding hydrogens is 378 g/mol. The van der Waals surface area contributed by atoms with E-state index in [1.54, 1.807) is 16.7 Å². The lowest BCUT2D eigenvalue weighted by molar-refractivity contribution is -0.924. The molecule has 4 heterocycles. The van der Waals surface area contributed by atoms with E-state index in [9.17, 15) is 4.79 Å². The van der Waals surface area contributed by atoms with Crippen molar-refractivity contribution in [1.82, 2.24) is 9.55 Å². The Kier molecular flexibility index (Phi) is 5.02. The molecule has 2 bridgehead atoms. The van der Waals surface area contributed by atoms with E-state index in [0.717, 1.165) is 43.0 Å².